The maximum absolute atomic E-state index is 12.5. The van der Waals surface area contributed by atoms with Crippen molar-refractivity contribution in [3.8, 4) is 51.0 Å². The smallest absolute Gasteiger partial charge is 0.186 e. The minimum Gasteiger partial charge on any atom is -0.507 e. The van der Waals surface area contributed by atoms with E-state index in [1.807, 2.05) is 131 Å². The molecule has 1 atom stereocenters. The second kappa shape index (κ2) is 19.0. The van der Waals surface area contributed by atoms with Gasteiger partial charge in [-0.05, 0) is 95.1 Å². The third kappa shape index (κ3) is 7.45. The third-order valence-electron chi connectivity index (χ3n) is 12.4. The molecule has 0 fully saturated rings. The van der Waals surface area contributed by atoms with Gasteiger partial charge in [0.2, 0.25) is 0 Å². The molecule has 7 aromatic rings. The Morgan fingerprint density at radius 1 is 0.662 bits per heavy atom. The Kier molecular flexibility index (Phi) is 13.2. The van der Waals surface area contributed by atoms with E-state index in [9.17, 15) is 25.5 Å². The van der Waals surface area contributed by atoms with Gasteiger partial charge in [0, 0.05) is 22.4 Å². The zero-order chi connectivity index (χ0) is 46.6. The number of anilines is 3. The highest BCUT2D eigenvalue weighted by Gasteiger charge is 2.45. The number of allylic oxidation sites excluding steroid dienone is 6. The van der Waals surface area contributed by atoms with Crippen LogP contribution in [0.15, 0.2) is 170 Å². The molecule has 1 aliphatic carbocycles. The number of aromatic hydroxyl groups is 5. The zero-order valence-electron chi connectivity index (χ0n) is 38.0. The minimum atomic E-state index is -0.748. The van der Waals surface area contributed by atoms with Crippen LogP contribution in [-0.4, -0.2) is 25.5 Å². The fraction of sp³-hybridized carbons (Fsp3) is 0.153. The van der Waals surface area contributed by atoms with E-state index in [-0.39, 0.29) is 22.6 Å². The van der Waals surface area contributed by atoms with Crippen LogP contribution in [0.4, 0.5) is 17.1 Å². The first kappa shape index (κ1) is 45.3. The monoisotopic (exact) mass is 859 g/mol. The molecule has 1 unspecified atom stereocenters. The fourth-order valence-electron chi connectivity index (χ4n) is 9.59. The SMILES string of the molecule is C=Cc1c(O)c(-c2c(O)c(O)c(N(c3ccc4c(c3)C(C(=C)C)(c3ccccc3)C(C)=C4/C=C\CCC)c3ccccc3-c3ccccc3)c(O)c2O)c2ccccc2c1/C=C\C.CC. The molecule has 0 spiro atoms. The van der Waals surface area contributed by atoms with E-state index in [4.69, 9.17) is 0 Å². The van der Waals surface area contributed by atoms with E-state index in [0.29, 0.717) is 33.3 Å². The Hall–Kier alpha value is -7.70. The normalized spacial score (nSPS) is 14.4. The summed E-state index contributed by atoms with van der Waals surface area (Å²) in [5.41, 5.74) is 8.53. The van der Waals surface area contributed by atoms with Crippen LogP contribution in [0.5, 0.6) is 28.7 Å². The number of nitrogens with zero attached hydrogens (tertiary/aromatic N) is 1. The fourth-order valence-corrected chi connectivity index (χ4v) is 9.59. The molecule has 0 aliphatic heterocycles. The lowest BCUT2D eigenvalue weighted by molar-refractivity contribution is 0.377. The van der Waals surface area contributed by atoms with Crippen LogP contribution < -0.4 is 4.90 Å². The summed E-state index contributed by atoms with van der Waals surface area (Å²) in [4.78, 5) is 1.67. The summed E-state index contributed by atoms with van der Waals surface area (Å²) >= 11 is 0. The number of para-hydroxylation sites is 1. The van der Waals surface area contributed by atoms with Gasteiger partial charge in [-0.15, -0.1) is 0 Å². The molecular weight excluding hydrogens is 803 g/mol. The van der Waals surface area contributed by atoms with Crippen molar-refractivity contribution in [3.63, 3.8) is 0 Å². The van der Waals surface area contributed by atoms with Gasteiger partial charge in [-0.3, -0.25) is 0 Å². The summed E-state index contributed by atoms with van der Waals surface area (Å²) < 4.78 is 0. The molecule has 6 nitrogen and oxygen atoms in total. The second-order valence-corrected chi connectivity index (χ2v) is 16.0. The van der Waals surface area contributed by atoms with Crippen molar-refractivity contribution in [2.24, 2.45) is 0 Å². The lowest BCUT2D eigenvalue weighted by atomic mass is 9.67. The van der Waals surface area contributed by atoms with Gasteiger partial charge in [0.15, 0.2) is 23.0 Å². The molecule has 0 heterocycles. The van der Waals surface area contributed by atoms with Gasteiger partial charge in [0.25, 0.3) is 0 Å². The summed E-state index contributed by atoms with van der Waals surface area (Å²) in [6, 6.07) is 40.9. The predicted molar refractivity (Wildman–Crippen MR) is 273 cm³/mol. The molecule has 7 aromatic carbocycles. The molecule has 0 amide bonds. The van der Waals surface area contributed by atoms with E-state index in [1.165, 1.54) is 6.08 Å². The molecule has 8 rings (SSSR count). The highest BCUT2D eigenvalue weighted by molar-refractivity contribution is 6.10. The van der Waals surface area contributed by atoms with Gasteiger partial charge in [-0.2, -0.15) is 0 Å². The number of fused-ring (bicyclic) bond motifs is 2. The predicted octanol–water partition coefficient (Wildman–Crippen LogP) is 15.9. The van der Waals surface area contributed by atoms with Gasteiger partial charge >= 0.3 is 0 Å². The molecule has 6 heteroatoms. The maximum atomic E-state index is 12.5. The van der Waals surface area contributed by atoms with E-state index in [1.54, 1.807) is 17.0 Å². The van der Waals surface area contributed by atoms with Gasteiger partial charge < -0.3 is 30.4 Å². The van der Waals surface area contributed by atoms with Crippen molar-refractivity contribution < 1.29 is 25.5 Å². The quantitative estimate of drug-likeness (QED) is 0.0476. The average molecular weight is 860 g/mol. The number of unbranched alkanes of at least 4 members (excludes halogenated alkanes) is 1. The largest absolute Gasteiger partial charge is 0.507 e. The van der Waals surface area contributed by atoms with E-state index >= 15 is 0 Å². The summed E-state index contributed by atoms with van der Waals surface area (Å²) in [7, 11) is 0. The molecule has 0 bridgehead atoms. The van der Waals surface area contributed by atoms with Crippen molar-refractivity contribution in [2.45, 2.75) is 59.8 Å². The van der Waals surface area contributed by atoms with E-state index in [0.717, 1.165) is 57.4 Å². The Labute approximate surface area is 383 Å². The Balaban J connectivity index is 0.00000311. The number of hydrogen-bond acceptors (Lipinski definition) is 6. The van der Waals surface area contributed by atoms with Gasteiger partial charge in [0.1, 0.15) is 11.4 Å². The topological polar surface area (TPSA) is 104 Å². The molecule has 0 saturated heterocycles. The Bertz CT molecular complexity index is 3000. The first-order valence-electron chi connectivity index (χ1n) is 22.2. The summed E-state index contributed by atoms with van der Waals surface area (Å²) in [6.45, 7) is 20.8. The van der Waals surface area contributed by atoms with Crippen LogP contribution in [0.1, 0.15) is 82.2 Å². The van der Waals surface area contributed by atoms with E-state index < -0.39 is 28.4 Å². The number of benzene rings is 7. The number of phenols is 5. The number of hydrogen-bond donors (Lipinski definition) is 5. The number of rotatable bonds is 12. The van der Waals surface area contributed by atoms with Crippen molar-refractivity contribution in [1.29, 1.82) is 0 Å². The molecule has 1 aliphatic rings. The van der Waals surface area contributed by atoms with Gasteiger partial charge in [0.05, 0.1) is 16.7 Å². The minimum absolute atomic E-state index is 0.0222. The summed E-state index contributed by atoms with van der Waals surface area (Å²) in [6.07, 6.45) is 11.5. The molecule has 0 aromatic heterocycles. The highest BCUT2D eigenvalue weighted by Crippen LogP contribution is 2.62. The summed E-state index contributed by atoms with van der Waals surface area (Å²) in [5, 5.41) is 62.7. The lowest BCUT2D eigenvalue weighted by Crippen LogP contribution is -2.28. The van der Waals surface area contributed by atoms with Crippen LogP contribution in [0.25, 0.3) is 50.8 Å². The Morgan fingerprint density at radius 3 is 1.88 bits per heavy atom. The lowest BCUT2D eigenvalue weighted by Gasteiger charge is -2.36. The van der Waals surface area contributed by atoms with Crippen molar-refractivity contribution in [2.75, 3.05) is 4.90 Å². The summed E-state index contributed by atoms with van der Waals surface area (Å²) in [5.74, 6) is -3.19. The first-order valence-corrected chi connectivity index (χ1v) is 22.2. The van der Waals surface area contributed by atoms with Gasteiger partial charge in [-0.1, -0.05) is 185 Å². The maximum Gasteiger partial charge on any atom is 0.186 e. The molecule has 328 valence electrons. The zero-order valence-corrected chi connectivity index (χ0v) is 38.0. The molecule has 0 saturated carbocycles. The van der Waals surface area contributed by atoms with Crippen molar-refractivity contribution >= 4 is 45.6 Å². The molecule has 65 heavy (non-hydrogen) atoms. The van der Waals surface area contributed by atoms with Crippen molar-refractivity contribution in [3.05, 3.63) is 198 Å². The van der Waals surface area contributed by atoms with Crippen molar-refractivity contribution in [1.82, 2.24) is 0 Å². The van der Waals surface area contributed by atoms with Crippen LogP contribution in [-0.2, 0) is 5.41 Å². The molecular formula is C59H57NO5. The second-order valence-electron chi connectivity index (χ2n) is 16.0. The number of phenolic OH excluding ortho intramolecular Hbond substituents is 5. The van der Waals surface area contributed by atoms with Crippen LogP contribution in [0, 0.1) is 0 Å². The molecule has 0 radical (unpaired) electrons. The van der Waals surface area contributed by atoms with Crippen LogP contribution >= 0.6 is 0 Å². The van der Waals surface area contributed by atoms with Crippen LogP contribution in [0.3, 0.4) is 0 Å². The third-order valence-corrected chi connectivity index (χ3v) is 12.4. The standard InChI is InChI=1S/C57H51NO5.C2H6/c1-7-10-13-27-41-36(6)57(35(4)5,38-25-16-12-17-26-38)47-34-39(32-33-45(41)47)58(48-31-21-20-28-42(48)37-23-14-11-15-24-37)51-55(62)53(60)50(54(61)56(51)63)49-46-30-19-18-29-44(46)43(22-8-2)40(9-3)52(49)59;1-2/h8-9,11-34,59-63H,3-4,7,10H2,1-2,5-6H3;1-2H3/b22-8-,27-13-;. The highest BCUT2D eigenvalue weighted by atomic mass is 16.3. The van der Waals surface area contributed by atoms with Crippen LogP contribution in [0.2, 0.25) is 0 Å². The molecule has 5 N–H and O–H groups in total. The van der Waals surface area contributed by atoms with E-state index in [2.05, 4.69) is 63.4 Å². The van der Waals surface area contributed by atoms with Gasteiger partial charge in [-0.25, -0.2) is 0 Å². The Morgan fingerprint density at radius 2 is 1.26 bits per heavy atom. The average Bonchev–Trinajstić information content (AvgIpc) is 3.59. The first-order chi connectivity index (χ1) is 31.5.